The molecule has 14 heavy (non-hydrogen) atoms. The summed E-state index contributed by atoms with van der Waals surface area (Å²) < 4.78 is 0. The third-order valence-corrected chi connectivity index (χ3v) is 3.35. The van der Waals surface area contributed by atoms with Gasteiger partial charge in [0, 0.05) is 25.6 Å². The molecule has 0 aromatic heterocycles. The van der Waals surface area contributed by atoms with Crippen molar-refractivity contribution in [2.24, 2.45) is 0 Å². The van der Waals surface area contributed by atoms with Crippen LogP contribution in [0.15, 0.2) is 0 Å². The van der Waals surface area contributed by atoms with Gasteiger partial charge in [0.05, 0.1) is 0 Å². The van der Waals surface area contributed by atoms with Crippen molar-refractivity contribution >= 4 is 5.91 Å². The van der Waals surface area contributed by atoms with E-state index in [1.165, 1.54) is 25.7 Å². The number of hydrogen-bond acceptors (Lipinski definition) is 2. The molecule has 1 saturated heterocycles. The molecule has 0 aromatic rings. The number of amides is 1. The molecule has 1 aliphatic carbocycles. The second kappa shape index (κ2) is 4.78. The highest BCUT2D eigenvalue weighted by atomic mass is 16.2. The highest BCUT2D eigenvalue weighted by Crippen LogP contribution is 2.24. The summed E-state index contributed by atoms with van der Waals surface area (Å²) >= 11 is 0. The lowest BCUT2D eigenvalue weighted by atomic mass is 10.1. The third kappa shape index (κ3) is 2.27. The Kier molecular flexibility index (Phi) is 3.40. The molecule has 3 heteroatoms. The molecule has 0 aromatic carbocycles. The molecule has 1 amide bonds. The van der Waals surface area contributed by atoms with Crippen LogP contribution in [-0.4, -0.2) is 36.5 Å². The summed E-state index contributed by atoms with van der Waals surface area (Å²) in [4.78, 5) is 14.0. The molecule has 1 saturated carbocycles. The lowest BCUT2D eigenvalue weighted by molar-refractivity contribution is -0.133. The smallest absolute Gasteiger partial charge is 0.224 e. The Morgan fingerprint density at radius 3 is 2.71 bits per heavy atom. The maximum Gasteiger partial charge on any atom is 0.224 e. The molecule has 1 N–H and O–H groups in total. The maximum atomic E-state index is 11.8. The van der Waals surface area contributed by atoms with Crippen LogP contribution in [0.25, 0.3) is 0 Å². The van der Waals surface area contributed by atoms with E-state index in [1.54, 1.807) is 0 Å². The predicted molar refractivity (Wildman–Crippen MR) is 56.1 cm³/mol. The average Bonchev–Trinajstić information content (AvgIpc) is 2.65. The molecule has 2 fully saturated rings. The molecule has 0 spiro atoms. The molecule has 0 unspecified atom stereocenters. The summed E-state index contributed by atoms with van der Waals surface area (Å²) in [6.07, 6.45) is 6.90. The van der Waals surface area contributed by atoms with Gasteiger partial charge in [0.1, 0.15) is 0 Å². The zero-order valence-corrected chi connectivity index (χ0v) is 8.80. The van der Waals surface area contributed by atoms with E-state index in [0.29, 0.717) is 18.4 Å². The standard InChI is InChI=1S/C11H20N2O/c14-11-6-8-12-7-3-9-13(11)10-4-1-2-5-10/h10,12H,1-9H2. The van der Waals surface area contributed by atoms with E-state index in [1.807, 2.05) is 0 Å². The van der Waals surface area contributed by atoms with Gasteiger partial charge in [-0.05, 0) is 25.8 Å². The van der Waals surface area contributed by atoms with Crippen LogP contribution in [0.2, 0.25) is 0 Å². The Morgan fingerprint density at radius 1 is 1.14 bits per heavy atom. The summed E-state index contributed by atoms with van der Waals surface area (Å²) in [6, 6.07) is 0.570. The molecular weight excluding hydrogens is 176 g/mol. The van der Waals surface area contributed by atoms with E-state index in [0.717, 1.165) is 26.1 Å². The SMILES string of the molecule is O=C1CCNCCCN1C1CCCC1. The molecule has 2 aliphatic rings. The fourth-order valence-corrected chi connectivity index (χ4v) is 2.57. The van der Waals surface area contributed by atoms with Gasteiger partial charge in [-0.15, -0.1) is 0 Å². The monoisotopic (exact) mass is 196 g/mol. The molecule has 0 atom stereocenters. The van der Waals surface area contributed by atoms with Gasteiger partial charge in [-0.25, -0.2) is 0 Å². The van der Waals surface area contributed by atoms with Crippen molar-refractivity contribution < 1.29 is 4.79 Å². The first-order chi connectivity index (χ1) is 6.88. The van der Waals surface area contributed by atoms with Crippen LogP contribution in [0.1, 0.15) is 38.5 Å². The molecule has 2 rings (SSSR count). The second-order valence-electron chi connectivity index (χ2n) is 4.38. The molecule has 80 valence electrons. The van der Waals surface area contributed by atoms with Crippen LogP contribution >= 0.6 is 0 Å². The number of carbonyl (C=O) groups excluding carboxylic acids is 1. The normalized spacial score (nSPS) is 26.3. The Hall–Kier alpha value is -0.570. The topological polar surface area (TPSA) is 32.3 Å². The minimum atomic E-state index is 0.365. The van der Waals surface area contributed by atoms with Crippen LogP contribution in [0.5, 0.6) is 0 Å². The van der Waals surface area contributed by atoms with Crippen LogP contribution in [0.3, 0.4) is 0 Å². The first kappa shape index (κ1) is 9.97. The minimum absolute atomic E-state index is 0.365. The van der Waals surface area contributed by atoms with Crippen molar-refractivity contribution in [3.8, 4) is 0 Å². The van der Waals surface area contributed by atoms with Gasteiger partial charge in [0.15, 0.2) is 0 Å². The van der Waals surface area contributed by atoms with Crippen molar-refractivity contribution in [1.29, 1.82) is 0 Å². The molecule has 0 bridgehead atoms. The Morgan fingerprint density at radius 2 is 1.93 bits per heavy atom. The van der Waals surface area contributed by atoms with Gasteiger partial charge in [-0.3, -0.25) is 4.79 Å². The summed E-state index contributed by atoms with van der Waals surface area (Å²) in [5.74, 6) is 0.365. The predicted octanol–water partition coefficient (Wildman–Crippen LogP) is 1.14. The van der Waals surface area contributed by atoms with E-state index < -0.39 is 0 Å². The Bertz CT molecular complexity index is 199. The number of nitrogens with one attached hydrogen (secondary N) is 1. The highest BCUT2D eigenvalue weighted by Gasteiger charge is 2.26. The molecule has 3 nitrogen and oxygen atoms in total. The minimum Gasteiger partial charge on any atom is -0.340 e. The zero-order valence-electron chi connectivity index (χ0n) is 8.80. The van der Waals surface area contributed by atoms with Crippen molar-refractivity contribution in [2.75, 3.05) is 19.6 Å². The number of nitrogens with zero attached hydrogens (tertiary/aromatic N) is 1. The van der Waals surface area contributed by atoms with Crippen LogP contribution in [0, 0.1) is 0 Å². The van der Waals surface area contributed by atoms with E-state index in [4.69, 9.17) is 0 Å². The summed E-state index contributed by atoms with van der Waals surface area (Å²) in [6.45, 7) is 2.90. The van der Waals surface area contributed by atoms with E-state index in [9.17, 15) is 4.79 Å². The molecule has 0 radical (unpaired) electrons. The first-order valence-corrected chi connectivity index (χ1v) is 5.88. The summed E-state index contributed by atoms with van der Waals surface area (Å²) in [5, 5.41) is 3.28. The number of carbonyl (C=O) groups is 1. The molecule has 1 heterocycles. The summed E-state index contributed by atoms with van der Waals surface area (Å²) in [7, 11) is 0. The van der Waals surface area contributed by atoms with Crippen molar-refractivity contribution in [3.63, 3.8) is 0 Å². The lowest BCUT2D eigenvalue weighted by Crippen LogP contribution is -2.43. The van der Waals surface area contributed by atoms with Gasteiger partial charge in [0.2, 0.25) is 5.91 Å². The van der Waals surface area contributed by atoms with Crippen LogP contribution in [0.4, 0.5) is 0 Å². The van der Waals surface area contributed by atoms with E-state index in [2.05, 4.69) is 10.2 Å². The third-order valence-electron chi connectivity index (χ3n) is 3.35. The number of hydrogen-bond donors (Lipinski definition) is 1. The summed E-state index contributed by atoms with van der Waals surface area (Å²) in [5.41, 5.74) is 0. The van der Waals surface area contributed by atoms with Crippen molar-refractivity contribution in [3.05, 3.63) is 0 Å². The Labute approximate surface area is 85.8 Å². The van der Waals surface area contributed by atoms with Crippen LogP contribution in [-0.2, 0) is 4.79 Å². The van der Waals surface area contributed by atoms with Gasteiger partial charge in [0.25, 0.3) is 0 Å². The second-order valence-corrected chi connectivity index (χ2v) is 4.38. The molecular formula is C11H20N2O. The van der Waals surface area contributed by atoms with Gasteiger partial charge >= 0.3 is 0 Å². The van der Waals surface area contributed by atoms with Gasteiger partial charge < -0.3 is 10.2 Å². The maximum absolute atomic E-state index is 11.8. The van der Waals surface area contributed by atoms with E-state index >= 15 is 0 Å². The first-order valence-electron chi connectivity index (χ1n) is 5.88. The van der Waals surface area contributed by atoms with Crippen LogP contribution < -0.4 is 5.32 Å². The van der Waals surface area contributed by atoms with Crippen molar-refractivity contribution in [2.45, 2.75) is 44.6 Å². The molecule has 1 aliphatic heterocycles. The quantitative estimate of drug-likeness (QED) is 0.682. The van der Waals surface area contributed by atoms with Gasteiger partial charge in [-0.1, -0.05) is 12.8 Å². The highest BCUT2D eigenvalue weighted by molar-refractivity contribution is 5.76. The van der Waals surface area contributed by atoms with Gasteiger partial charge in [-0.2, -0.15) is 0 Å². The zero-order chi connectivity index (χ0) is 9.80. The lowest BCUT2D eigenvalue weighted by Gasteiger charge is -2.30. The van der Waals surface area contributed by atoms with Crippen molar-refractivity contribution in [1.82, 2.24) is 10.2 Å². The largest absolute Gasteiger partial charge is 0.340 e. The fraction of sp³-hybridized carbons (Fsp3) is 0.909. The Balaban J connectivity index is 1.94. The van der Waals surface area contributed by atoms with E-state index in [-0.39, 0.29) is 0 Å². The fourth-order valence-electron chi connectivity index (χ4n) is 2.57. The number of rotatable bonds is 1. The average molecular weight is 196 g/mol.